The van der Waals surface area contributed by atoms with E-state index in [1.54, 1.807) is 0 Å². The quantitative estimate of drug-likeness (QED) is 0.400. The number of nitrogens with zero attached hydrogens (tertiary/aromatic N) is 1. The highest BCUT2D eigenvalue weighted by Crippen LogP contribution is 2.36. The fraction of sp³-hybridized carbons (Fsp3) is 0.400. The molecule has 0 saturated heterocycles. The first-order chi connectivity index (χ1) is 9.43. The van der Waals surface area contributed by atoms with Crippen LogP contribution in [0.15, 0.2) is 18.2 Å². The zero-order valence-corrected chi connectivity index (χ0v) is 10.0. The molecular weight excluding hydrogens is 310 g/mol. The van der Waals surface area contributed by atoms with E-state index in [1.165, 1.54) is 0 Å². The predicted octanol–water partition coefficient (Wildman–Crippen LogP) is 3.19. The molecule has 0 spiro atoms. The second kappa shape index (κ2) is 5.76. The van der Waals surface area contributed by atoms with E-state index in [4.69, 9.17) is 5.73 Å². The summed E-state index contributed by atoms with van der Waals surface area (Å²) in [6, 6.07) is 2.70. The number of alkyl halides is 6. The Morgan fingerprint density at radius 1 is 1.19 bits per heavy atom. The van der Waals surface area contributed by atoms with Gasteiger partial charge in [0.05, 0.1) is 11.5 Å². The van der Waals surface area contributed by atoms with Crippen molar-refractivity contribution < 1.29 is 36.0 Å². The summed E-state index contributed by atoms with van der Waals surface area (Å²) in [6.45, 7) is -1.05. The largest absolute Gasteiger partial charge is 0.423 e. The van der Waals surface area contributed by atoms with Crippen molar-refractivity contribution >= 4 is 11.4 Å². The zero-order valence-electron chi connectivity index (χ0n) is 10.0. The monoisotopic (exact) mass is 318 g/mol. The molecule has 0 amide bonds. The summed E-state index contributed by atoms with van der Waals surface area (Å²) >= 11 is 0. The summed E-state index contributed by atoms with van der Waals surface area (Å²) in [5, 5.41) is 10.5. The van der Waals surface area contributed by atoms with Crippen LogP contribution in [0, 0.1) is 10.1 Å². The number of hydrogen-bond acceptors (Lipinski definition) is 4. The van der Waals surface area contributed by atoms with Crippen LogP contribution in [0.3, 0.4) is 0 Å². The number of ether oxygens (including phenoxy) is 1. The number of halogens is 6. The SMILES string of the molecule is Nc1cc(COC(C(F)(F)F)C(F)(F)F)ccc1[N+](=O)[O-]. The minimum absolute atomic E-state index is 0.156. The summed E-state index contributed by atoms with van der Waals surface area (Å²) in [7, 11) is 0. The van der Waals surface area contributed by atoms with Crippen molar-refractivity contribution in [2.45, 2.75) is 25.1 Å². The molecule has 0 aromatic heterocycles. The van der Waals surface area contributed by atoms with Crippen molar-refractivity contribution in [2.24, 2.45) is 0 Å². The number of anilines is 1. The smallest absolute Gasteiger partial charge is 0.393 e. The first-order valence-corrected chi connectivity index (χ1v) is 5.20. The molecule has 118 valence electrons. The fourth-order valence-corrected chi connectivity index (χ4v) is 1.41. The Morgan fingerprint density at radius 2 is 1.71 bits per heavy atom. The van der Waals surface area contributed by atoms with Crippen molar-refractivity contribution in [3.63, 3.8) is 0 Å². The molecule has 1 aromatic carbocycles. The summed E-state index contributed by atoms with van der Waals surface area (Å²) < 4.78 is 77.1. The van der Waals surface area contributed by atoms with E-state index in [9.17, 15) is 36.5 Å². The molecule has 21 heavy (non-hydrogen) atoms. The fourth-order valence-electron chi connectivity index (χ4n) is 1.41. The van der Waals surface area contributed by atoms with E-state index in [0.717, 1.165) is 18.2 Å². The zero-order chi connectivity index (χ0) is 16.4. The minimum Gasteiger partial charge on any atom is -0.393 e. The lowest BCUT2D eigenvalue weighted by molar-refractivity contribution is -0.383. The Balaban J connectivity index is 2.87. The highest BCUT2D eigenvalue weighted by atomic mass is 19.4. The van der Waals surface area contributed by atoms with E-state index in [0.29, 0.717) is 0 Å². The van der Waals surface area contributed by atoms with Crippen LogP contribution in [-0.4, -0.2) is 23.4 Å². The number of nitro benzene ring substituents is 1. The van der Waals surface area contributed by atoms with Gasteiger partial charge in [-0.05, 0) is 17.7 Å². The van der Waals surface area contributed by atoms with Gasteiger partial charge in [-0.3, -0.25) is 10.1 Å². The standard InChI is InChI=1S/C10H8F6N2O3/c11-9(12,13)8(10(14,15)16)21-4-5-1-2-7(18(19)20)6(17)3-5/h1-3,8H,4,17H2. The second-order valence-corrected chi connectivity index (χ2v) is 3.92. The van der Waals surface area contributed by atoms with Crippen LogP contribution in [0.1, 0.15) is 5.56 Å². The van der Waals surface area contributed by atoms with Gasteiger partial charge in [0.2, 0.25) is 6.10 Å². The molecule has 0 heterocycles. The Bertz CT molecular complexity index is 515. The summed E-state index contributed by atoms with van der Waals surface area (Å²) in [5.41, 5.74) is 4.20. The van der Waals surface area contributed by atoms with E-state index < -0.39 is 41.4 Å². The molecule has 11 heteroatoms. The Labute approximate surface area is 113 Å². The molecule has 0 aliphatic carbocycles. The molecule has 0 fully saturated rings. The van der Waals surface area contributed by atoms with Gasteiger partial charge in [0, 0.05) is 6.07 Å². The predicted molar refractivity (Wildman–Crippen MR) is 58.2 cm³/mol. The van der Waals surface area contributed by atoms with Crippen LogP contribution in [0.5, 0.6) is 0 Å². The van der Waals surface area contributed by atoms with Gasteiger partial charge < -0.3 is 10.5 Å². The molecule has 0 atom stereocenters. The van der Waals surface area contributed by atoms with Gasteiger partial charge >= 0.3 is 12.4 Å². The van der Waals surface area contributed by atoms with E-state index in [1.807, 2.05) is 0 Å². The second-order valence-electron chi connectivity index (χ2n) is 3.92. The Hall–Kier alpha value is -2.04. The summed E-state index contributed by atoms with van der Waals surface area (Å²) in [4.78, 5) is 9.62. The number of hydrogen-bond donors (Lipinski definition) is 1. The molecule has 5 nitrogen and oxygen atoms in total. The molecule has 0 saturated carbocycles. The Kier molecular flexibility index (Phi) is 4.66. The summed E-state index contributed by atoms with van der Waals surface area (Å²) in [6.07, 6.45) is -15.2. The molecule has 1 rings (SSSR count). The lowest BCUT2D eigenvalue weighted by atomic mass is 10.2. The number of benzene rings is 1. The third-order valence-corrected chi connectivity index (χ3v) is 2.30. The van der Waals surface area contributed by atoms with E-state index >= 15 is 0 Å². The van der Waals surface area contributed by atoms with Crippen molar-refractivity contribution in [1.29, 1.82) is 0 Å². The van der Waals surface area contributed by atoms with Crippen molar-refractivity contribution in [3.05, 3.63) is 33.9 Å². The highest BCUT2D eigenvalue weighted by molar-refractivity contribution is 5.59. The van der Waals surface area contributed by atoms with Crippen LogP contribution in [0.2, 0.25) is 0 Å². The first kappa shape index (κ1) is 17.0. The average molecular weight is 318 g/mol. The maximum absolute atomic E-state index is 12.2. The van der Waals surface area contributed by atoms with Crippen molar-refractivity contribution in [3.8, 4) is 0 Å². The van der Waals surface area contributed by atoms with Crippen LogP contribution in [0.25, 0.3) is 0 Å². The van der Waals surface area contributed by atoms with Gasteiger partial charge in [0.1, 0.15) is 5.69 Å². The molecule has 1 aromatic rings. The minimum atomic E-state index is -5.62. The molecular formula is C10H8F6N2O3. The molecule has 0 unspecified atom stereocenters. The van der Waals surface area contributed by atoms with Gasteiger partial charge in [-0.1, -0.05) is 0 Å². The van der Waals surface area contributed by atoms with Crippen LogP contribution in [-0.2, 0) is 11.3 Å². The molecule has 0 radical (unpaired) electrons. The molecule has 0 aliphatic rings. The first-order valence-electron chi connectivity index (χ1n) is 5.20. The lowest BCUT2D eigenvalue weighted by Gasteiger charge is -2.23. The summed E-state index contributed by atoms with van der Waals surface area (Å²) in [5.74, 6) is 0. The van der Waals surface area contributed by atoms with Gasteiger partial charge in [-0.25, -0.2) is 0 Å². The van der Waals surface area contributed by atoms with Gasteiger partial charge in [0.25, 0.3) is 5.69 Å². The van der Waals surface area contributed by atoms with Crippen molar-refractivity contribution in [1.82, 2.24) is 0 Å². The molecule has 2 N–H and O–H groups in total. The van der Waals surface area contributed by atoms with Crippen LogP contribution < -0.4 is 5.73 Å². The third kappa shape index (κ3) is 4.48. The Morgan fingerprint density at radius 3 is 2.10 bits per heavy atom. The van der Waals surface area contributed by atoms with Crippen LogP contribution in [0.4, 0.5) is 37.7 Å². The number of nitro groups is 1. The number of rotatable bonds is 4. The topological polar surface area (TPSA) is 78.4 Å². The lowest BCUT2D eigenvalue weighted by Crippen LogP contribution is -2.44. The highest BCUT2D eigenvalue weighted by Gasteiger charge is 2.57. The van der Waals surface area contributed by atoms with Crippen LogP contribution >= 0.6 is 0 Å². The van der Waals surface area contributed by atoms with Gasteiger partial charge in [-0.2, -0.15) is 26.3 Å². The van der Waals surface area contributed by atoms with E-state index in [2.05, 4.69) is 4.74 Å². The van der Waals surface area contributed by atoms with E-state index in [-0.39, 0.29) is 5.56 Å². The molecule has 0 bridgehead atoms. The number of nitrogens with two attached hydrogens (primary N) is 1. The maximum atomic E-state index is 12.2. The van der Waals surface area contributed by atoms with Gasteiger partial charge in [-0.15, -0.1) is 0 Å². The molecule has 0 aliphatic heterocycles. The third-order valence-electron chi connectivity index (χ3n) is 2.30. The average Bonchev–Trinajstić information content (AvgIpc) is 2.24. The normalized spacial score (nSPS) is 12.7. The van der Waals surface area contributed by atoms with Crippen molar-refractivity contribution in [2.75, 3.05) is 5.73 Å². The number of nitrogen functional groups attached to an aromatic ring is 1. The van der Waals surface area contributed by atoms with Gasteiger partial charge in [0.15, 0.2) is 0 Å². The maximum Gasteiger partial charge on any atom is 0.423 e.